The van der Waals surface area contributed by atoms with Gasteiger partial charge in [-0.2, -0.15) is 0 Å². The van der Waals surface area contributed by atoms with E-state index in [9.17, 15) is 9.59 Å². The van der Waals surface area contributed by atoms with Crippen molar-refractivity contribution in [3.8, 4) is 0 Å². The number of amides is 1. The number of hydrogen-bond donors (Lipinski definition) is 1. The van der Waals surface area contributed by atoms with Gasteiger partial charge in [0.25, 0.3) is 5.91 Å². The molecule has 0 aliphatic carbocycles. The zero-order valence-corrected chi connectivity index (χ0v) is 10.7. The summed E-state index contributed by atoms with van der Waals surface area (Å²) < 4.78 is 0. The Bertz CT molecular complexity index is 425. The van der Waals surface area contributed by atoms with Gasteiger partial charge >= 0.3 is 0 Å². The second kappa shape index (κ2) is 6.23. The van der Waals surface area contributed by atoms with Crippen molar-refractivity contribution in [2.45, 2.75) is 27.2 Å². The predicted octanol–water partition coefficient (Wildman–Crippen LogP) is 1.88. The van der Waals surface area contributed by atoms with Gasteiger partial charge in [0.15, 0.2) is 0 Å². The first-order valence-electron chi connectivity index (χ1n) is 6.06. The fraction of sp³-hybridized carbons (Fsp3) is 0.538. The lowest BCUT2D eigenvalue weighted by Crippen LogP contribution is -2.35. The van der Waals surface area contributed by atoms with Crippen molar-refractivity contribution in [1.29, 1.82) is 0 Å². The van der Waals surface area contributed by atoms with E-state index in [0.717, 1.165) is 13.0 Å². The van der Waals surface area contributed by atoms with Crippen molar-refractivity contribution >= 4 is 5.91 Å². The molecule has 1 N–H and O–H groups in total. The standard InChI is InChI=1S/C13H20N2O2/c1-4-10(3)9-15(5-2)13(17)11-6-7-14-12(16)8-11/h6-8,10H,4-5,9H2,1-3H3,(H,14,16). The fourth-order valence-corrected chi connectivity index (χ4v) is 1.62. The van der Waals surface area contributed by atoms with E-state index in [1.54, 1.807) is 11.0 Å². The Morgan fingerprint density at radius 2 is 2.18 bits per heavy atom. The Kier molecular flexibility index (Phi) is 4.94. The van der Waals surface area contributed by atoms with Crippen molar-refractivity contribution in [2.24, 2.45) is 5.92 Å². The van der Waals surface area contributed by atoms with E-state index >= 15 is 0 Å². The molecule has 0 saturated carbocycles. The molecule has 1 aromatic heterocycles. The Labute approximate surface area is 102 Å². The molecule has 0 saturated heterocycles. The molecule has 4 nitrogen and oxygen atoms in total. The largest absolute Gasteiger partial charge is 0.339 e. The molecule has 0 radical (unpaired) electrons. The van der Waals surface area contributed by atoms with Crippen molar-refractivity contribution in [3.63, 3.8) is 0 Å². The van der Waals surface area contributed by atoms with Crippen LogP contribution in [0, 0.1) is 5.92 Å². The minimum atomic E-state index is -0.240. The van der Waals surface area contributed by atoms with E-state index < -0.39 is 0 Å². The fourth-order valence-electron chi connectivity index (χ4n) is 1.62. The number of carbonyl (C=O) groups excluding carboxylic acids is 1. The van der Waals surface area contributed by atoms with Crippen LogP contribution in [0.15, 0.2) is 23.1 Å². The SMILES string of the molecule is CCC(C)CN(CC)C(=O)c1cc[nH]c(=O)c1. The average Bonchev–Trinajstić information content (AvgIpc) is 2.34. The van der Waals surface area contributed by atoms with E-state index in [4.69, 9.17) is 0 Å². The first-order chi connectivity index (χ1) is 8.08. The van der Waals surface area contributed by atoms with Gasteiger partial charge in [-0.25, -0.2) is 0 Å². The summed E-state index contributed by atoms with van der Waals surface area (Å²) in [5.74, 6) is 0.403. The lowest BCUT2D eigenvalue weighted by atomic mass is 10.1. The molecule has 0 bridgehead atoms. The lowest BCUT2D eigenvalue weighted by molar-refractivity contribution is 0.0740. The van der Waals surface area contributed by atoms with Crippen LogP contribution in [0.3, 0.4) is 0 Å². The van der Waals surface area contributed by atoms with Crippen LogP contribution in [0.4, 0.5) is 0 Å². The Morgan fingerprint density at radius 1 is 1.47 bits per heavy atom. The predicted molar refractivity (Wildman–Crippen MR) is 68.1 cm³/mol. The number of nitrogens with zero attached hydrogens (tertiary/aromatic N) is 1. The van der Waals surface area contributed by atoms with Gasteiger partial charge in [0.2, 0.25) is 5.56 Å². The van der Waals surface area contributed by atoms with Crippen molar-refractivity contribution in [2.75, 3.05) is 13.1 Å². The Hall–Kier alpha value is -1.58. The van der Waals surface area contributed by atoms with Gasteiger partial charge in [-0.3, -0.25) is 9.59 Å². The van der Waals surface area contributed by atoms with Crippen LogP contribution in [0.2, 0.25) is 0 Å². The van der Waals surface area contributed by atoms with E-state index in [0.29, 0.717) is 18.0 Å². The third-order valence-electron chi connectivity index (χ3n) is 2.92. The maximum absolute atomic E-state index is 12.2. The van der Waals surface area contributed by atoms with Gasteiger partial charge in [0.1, 0.15) is 0 Å². The van der Waals surface area contributed by atoms with Gasteiger partial charge in [0, 0.05) is 30.9 Å². The quantitative estimate of drug-likeness (QED) is 0.848. The monoisotopic (exact) mass is 236 g/mol. The van der Waals surface area contributed by atoms with Crippen molar-refractivity contribution in [1.82, 2.24) is 9.88 Å². The minimum Gasteiger partial charge on any atom is -0.339 e. The third-order valence-corrected chi connectivity index (χ3v) is 2.92. The maximum atomic E-state index is 12.2. The second-order valence-corrected chi connectivity index (χ2v) is 4.30. The average molecular weight is 236 g/mol. The van der Waals surface area contributed by atoms with Gasteiger partial charge in [-0.1, -0.05) is 20.3 Å². The second-order valence-electron chi connectivity index (χ2n) is 4.30. The number of rotatable bonds is 5. The Balaban J connectivity index is 2.82. The summed E-state index contributed by atoms with van der Waals surface area (Å²) in [6.45, 7) is 7.58. The van der Waals surface area contributed by atoms with Crippen LogP contribution < -0.4 is 5.56 Å². The molecular weight excluding hydrogens is 216 g/mol. The lowest BCUT2D eigenvalue weighted by Gasteiger charge is -2.24. The number of aromatic amines is 1. The summed E-state index contributed by atoms with van der Waals surface area (Å²) in [5.41, 5.74) is 0.217. The minimum absolute atomic E-state index is 0.0705. The number of hydrogen-bond acceptors (Lipinski definition) is 2. The Morgan fingerprint density at radius 3 is 2.71 bits per heavy atom. The van der Waals surface area contributed by atoms with Gasteiger partial charge in [0.05, 0.1) is 0 Å². The molecular formula is C13H20N2O2. The topological polar surface area (TPSA) is 53.2 Å². The van der Waals surface area contributed by atoms with Gasteiger partial charge < -0.3 is 9.88 Å². The molecule has 1 atom stereocenters. The normalized spacial score (nSPS) is 12.2. The molecule has 17 heavy (non-hydrogen) atoms. The van der Waals surface area contributed by atoms with E-state index in [1.165, 1.54) is 12.3 Å². The number of nitrogens with one attached hydrogen (secondary N) is 1. The molecule has 0 aromatic carbocycles. The molecule has 0 fully saturated rings. The van der Waals surface area contributed by atoms with Crippen LogP contribution in [-0.4, -0.2) is 28.9 Å². The highest BCUT2D eigenvalue weighted by atomic mass is 16.2. The summed E-state index contributed by atoms with van der Waals surface area (Å²) in [5, 5.41) is 0. The van der Waals surface area contributed by atoms with E-state index in [2.05, 4.69) is 18.8 Å². The molecule has 0 aliphatic heterocycles. The smallest absolute Gasteiger partial charge is 0.254 e. The summed E-state index contributed by atoms with van der Waals surface area (Å²) in [6.07, 6.45) is 2.55. The third kappa shape index (κ3) is 3.73. The molecule has 1 aromatic rings. The number of pyridine rings is 1. The maximum Gasteiger partial charge on any atom is 0.254 e. The summed E-state index contributed by atoms with van der Waals surface area (Å²) in [7, 11) is 0. The zero-order chi connectivity index (χ0) is 12.8. The number of aromatic nitrogens is 1. The van der Waals surface area contributed by atoms with Crippen molar-refractivity contribution in [3.05, 3.63) is 34.2 Å². The summed E-state index contributed by atoms with van der Waals surface area (Å²) >= 11 is 0. The highest BCUT2D eigenvalue weighted by molar-refractivity contribution is 5.94. The van der Waals surface area contributed by atoms with Crippen LogP contribution in [0.1, 0.15) is 37.6 Å². The molecule has 1 heterocycles. The summed E-state index contributed by atoms with van der Waals surface area (Å²) in [4.78, 5) is 27.6. The van der Waals surface area contributed by atoms with Crippen LogP contribution in [-0.2, 0) is 0 Å². The number of carbonyl (C=O) groups is 1. The highest BCUT2D eigenvalue weighted by Gasteiger charge is 2.16. The number of H-pyrrole nitrogens is 1. The van der Waals surface area contributed by atoms with Crippen molar-refractivity contribution < 1.29 is 4.79 Å². The van der Waals surface area contributed by atoms with Crippen LogP contribution >= 0.6 is 0 Å². The molecule has 0 spiro atoms. The van der Waals surface area contributed by atoms with Gasteiger partial charge in [-0.05, 0) is 18.9 Å². The van der Waals surface area contributed by atoms with E-state index in [-0.39, 0.29) is 11.5 Å². The zero-order valence-electron chi connectivity index (χ0n) is 10.7. The van der Waals surface area contributed by atoms with E-state index in [1.807, 2.05) is 6.92 Å². The highest BCUT2D eigenvalue weighted by Crippen LogP contribution is 2.08. The molecule has 1 amide bonds. The molecule has 0 aliphatic rings. The summed E-state index contributed by atoms with van der Waals surface area (Å²) in [6, 6.07) is 2.99. The van der Waals surface area contributed by atoms with Crippen LogP contribution in [0.25, 0.3) is 0 Å². The first-order valence-corrected chi connectivity index (χ1v) is 6.06. The molecule has 1 rings (SSSR count). The molecule has 94 valence electrons. The molecule has 4 heteroatoms. The van der Waals surface area contributed by atoms with Crippen LogP contribution in [0.5, 0.6) is 0 Å². The van der Waals surface area contributed by atoms with Gasteiger partial charge in [-0.15, -0.1) is 0 Å². The molecule has 1 unspecified atom stereocenters. The first kappa shape index (κ1) is 13.5.